The normalized spacial score (nSPS) is 10.3. The van der Waals surface area contributed by atoms with Gasteiger partial charge in [-0.05, 0) is 18.7 Å². The van der Waals surface area contributed by atoms with Crippen LogP contribution in [0.2, 0.25) is 0 Å². The van der Waals surface area contributed by atoms with Crippen LogP contribution in [0.25, 0.3) is 0 Å². The summed E-state index contributed by atoms with van der Waals surface area (Å²) < 4.78 is 6.88. The van der Waals surface area contributed by atoms with Gasteiger partial charge in [-0.3, -0.25) is 9.36 Å². The zero-order valence-corrected chi connectivity index (χ0v) is 9.95. The van der Waals surface area contributed by atoms with Crippen molar-refractivity contribution in [1.82, 2.24) is 9.55 Å². The van der Waals surface area contributed by atoms with Crippen LogP contribution in [0.4, 0.5) is 0 Å². The Labute approximate surface area is 105 Å². The Hall–Kier alpha value is -2.14. The summed E-state index contributed by atoms with van der Waals surface area (Å²) in [6.45, 7) is 0.469. The van der Waals surface area contributed by atoms with Crippen LogP contribution >= 0.6 is 0 Å². The van der Waals surface area contributed by atoms with E-state index in [-0.39, 0.29) is 12.5 Å². The van der Waals surface area contributed by atoms with Crippen molar-refractivity contribution in [2.24, 2.45) is 5.73 Å². The standard InChI is InChI=1S/C13H15N3O2/c14-7-6-11-8-15-10-16(11)13(17)9-18-12-4-2-1-3-5-12/h1-5,8,10H,6-7,9,14H2. The molecular formula is C13H15N3O2. The van der Waals surface area contributed by atoms with Gasteiger partial charge in [0.05, 0.1) is 0 Å². The molecule has 1 aromatic heterocycles. The monoisotopic (exact) mass is 245 g/mol. The molecule has 2 N–H and O–H groups in total. The van der Waals surface area contributed by atoms with E-state index in [0.29, 0.717) is 18.7 Å². The molecule has 0 unspecified atom stereocenters. The lowest BCUT2D eigenvalue weighted by molar-refractivity contribution is 0.0834. The number of carbonyl (C=O) groups excluding carboxylic acids is 1. The Morgan fingerprint density at radius 2 is 2.11 bits per heavy atom. The molecule has 18 heavy (non-hydrogen) atoms. The summed E-state index contributed by atoms with van der Waals surface area (Å²) in [6.07, 6.45) is 3.76. The van der Waals surface area contributed by atoms with E-state index >= 15 is 0 Å². The van der Waals surface area contributed by atoms with Crippen molar-refractivity contribution in [1.29, 1.82) is 0 Å². The highest BCUT2D eigenvalue weighted by atomic mass is 16.5. The Kier molecular flexibility index (Phi) is 4.09. The maximum absolute atomic E-state index is 11.9. The molecule has 1 heterocycles. The number of carbonyl (C=O) groups is 1. The quantitative estimate of drug-likeness (QED) is 0.856. The van der Waals surface area contributed by atoms with Crippen LogP contribution in [0.1, 0.15) is 10.5 Å². The number of benzene rings is 1. The first kappa shape index (κ1) is 12.3. The smallest absolute Gasteiger partial charge is 0.269 e. The van der Waals surface area contributed by atoms with Crippen LogP contribution in [-0.2, 0) is 6.42 Å². The highest BCUT2D eigenvalue weighted by Gasteiger charge is 2.10. The van der Waals surface area contributed by atoms with Gasteiger partial charge in [-0.15, -0.1) is 0 Å². The van der Waals surface area contributed by atoms with E-state index in [0.717, 1.165) is 5.69 Å². The van der Waals surface area contributed by atoms with Gasteiger partial charge in [0, 0.05) is 18.3 Å². The molecule has 0 aliphatic rings. The molecular weight excluding hydrogens is 230 g/mol. The van der Waals surface area contributed by atoms with Gasteiger partial charge in [0.25, 0.3) is 5.91 Å². The summed E-state index contributed by atoms with van der Waals surface area (Å²) in [6, 6.07) is 9.22. The molecule has 0 atom stereocenters. The summed E-state index contributed by atoms with van der Waals surface area (Å²) in [4.78, 5) is 15.9. The molecule has 0 spiro atoms. The van der Waals surface area contributed by atoms with Gasteiger partial charge in [0.15, 0.2) is 6.61 Å². The maximum Gasteiger partial charge on any atom is 0.269 e. The van der Waals surface area contributed by atoms with Gasteiger partial charge in [-0.1, -0.05) is 18.2 Å². The topological polar surface area (TPSA) is 70.1 Å². The zero-order valence-electron chi connectivity index (χ0n) is 9.95. The van der Waals surface area contributed by atoms with Crippen molar-refractivity contribution in [3.8, 4) is 5.75 Å². The number of hydrogen-bond donors (Lipinski definition) is 1. The minimum atomic E-state index is -0.153. The molecule has 0 saturated carbocycles. The first-order chi connectivity index (χ1) is 8.81. The lowest BCUT2D eigenvalue weighted by Gasteiger charge is -2.07. The molecule has 2 rings (SSSR count). The fraction of sp³-hybridized carbons (Fsp3) is 0.231. The second-order valence-corrected chi connectivity index (χ2v) is 3.79. The van der Waals surface area contributed by atoms with E-state index in [1.54, 1.807) is 6.20 Å². The summed E-state index contributed by atoms with van der Waals surface area (Å²) in [7, 11) is 0. The van der Waals surface area contributed by atoms with Gasteiger partial charge < -0.3 is 10.5 Å². The van der Waals surface area contributed by atoms with Gasteiger partial charge in [-0.2, -0.15) is 0 Å². The van der Waals surface area contributed by atoms with Crippen molar-refractivity contribution in [3.63, 3.8) is 0 Å². The molecule has 1 aromatic carbocycles. The van der Waals surface area contributed by atoms with E-state index in [1.807, 2.05) is 30.3 Å². The van der Waals surface area contributed by atoms with Crippen LogP contribution in [0.5, 0.6) is 5.75 Å². The Morgan fingerprint density at radius 3 is 2.83 bits per heavy atom. The average Bonchev–Trinajstić information content (AvgIpc) is 2.86. The molecule has 5 nitrogen and oxygen atoms in total. The van der Waals surface area contributed by atoms with Gasteiger partial charge in [-0.25, -0.2) is 4.98 Å². The lowest BCUT2D eigenvalue weighted by atomic mass is 10.3. The first-order valence-corrected chi connectivity index (χ1v) is 5.73. The van der Waals surface area contributed by atoms with E-state index in [9.17, 15) is 4.79 Å². The minimum Gasteiger partial charge on any atom is -0.484 e. The molecule has 2 aromatic rings. The van der Waals surface area contributed by atoms with Crippen LogP contribution in [0, 0.1) is 0 Å². The van der Waals surface area contributed by atoms with Crippen LogP contribution in [-0.4, -0.2) is 28.6 Å². The van der Waals surface area contributed by atoms with Crippen molar-refractivity contribution in [2.45, 2.75) is 6.42 Å². The van der Waals surface area contributed by atoms with Gasteiger partial charge >= 0.3 is 0 Å². The lowest BCUT2D eigenvalue weighted by Crippen LogP contribution is -2.21. The fourth-order valence-electron chi connectivity index (χ4n) is 1.61. The predicted octanol–water partition coefficient (Wildman–Crippen LogP) is 1.10. The fourth-order valence-corrected chi connectivity index (χ4v) is 1.61. The summed E-state index contributed by atoms with van der Waals surface area (Å²) in [5.74, 6) is 0.520. The number of hydrogen-bond acceptors (Lipinski definition) is 4. The van der Waals surface area contributed by atoms with Crippen molar-refractivity contribution in [3.05, 3.63) is 48.5 Å². The molecule has 94 valence electrons. The number of nitrogens with two attached hydrogens (primary N) is 1. The van der Waals surface area contributed by atoms with E-state index < -0.39 is 0 Å². The molecule has 0 aliphatic heterocycles. The molecule has 0 bridgehead atoms. The number of rotatable bonds is 5. The van der Waals surface area contributed by atoms with E-state index in [4.69, 9.17) is 10.5 Å². The highest BCUT2D eigenvalue weighted by Crippen LogP contribution is 2.08. The van der Waals surface area contributed by atoms with Crippen molar-refractivity contribution in [2.75, 3.05) is 13.2 Å². The zero-order chi connectivity index (χ0) is 12.8. The molecule has 0 saturated heterocycles. The highest BCUT2D eigenvalue weighted by molar-refractivity contribution is 5.80. The molecule has 5 heteroatoms. The molecule has 0 amide bonds. The summed E-state index contributed by atoms with van der Waals surface area (Å²) in [5, 5.41) is 0. The van der Waals surface area contributed by atoms with Crippen molar-refractivity contribution >= 4 is 5.91 Å². The summed E-state index contributed by atoms with van der Waals surface area (Å²) in [5.41, 5.74) is 6.27. The third-order valence-electron chi connectivity index (χ3n) is 2.49. The van der Waals surface area contributed by atoms with E-state index in [2.05, 4.69) is 4.98 Å². The summed E-state index contributed by atoms with van der Waals surface area (Å²) >= 11 is 0. The number of ether oxygens (including phenoxy) is 1. The Morgan fingerprint density at radius 1 is 1.33 bits per heavy atom. The largest absolute Gasteiger partial charge is 0.484 e. The predicted molar refractivity (Wildman–Crippen MR) is 67.5 cm³/mol. The first-order valence-electron chi connectivity index (χ1n) is 5.73. The van der Waals surface area contributed by atoms with Crippen LogP contribution in [0.15, 0.2) is 42.9 Å². The van der Waals surface area contributed by atoms with Gasteiger partial charge in [0.2, 0.25) is 0 Å². The van der Waals surface area contributed by atoms with Crippen molar-refractivity contribution < 1.29 is 9.53 Å². The second-order valence-electron chi connectivity index (χ2n) is 3.79. The number of imidazole rings is 1. The molecule has 0 aliphatic carbocycles. The second kappa shape index (κ2) is 5.97. The minimum absolute atomic E-state index is 0.0159. The Balaban J connectivity index is 1.97. The van der Waals surface area contributed by atoms with E-state index in [1.165, 1.54) is 10.9 Å². The number of aromatic nitrogens is 2. The maximum atomic E-state index is 11.9. The Bertz CT molecular complexity index is 508. The van der Waals surface area contributed by atoms with Crippen LogP contribution < -0.4 is 10.5 Å². The SMILES string of the molecule is NCCc1cncn1C(=O)COc1ccccc1. The molecule has 0 fully saturated rings. The molecule has 0 radical (unpaired) electrons. The third kappa shape index (κ3) is 2.95. The number of nitrogens with zero attached hydrogens (tertiary/aromatic N) is 2. The average molecular weight is 245 g/mol. The third-order valence-corrected chi connectivity index (χ3v) is 2.49. The van der Waals surface area contributed by atoms with Gasteiger partial charge in [0.1, 0.15) is 12.1 Å². The number of para-hydroxylation sites is 1. The van der Waals surface area contributed by atoms with Crippen LogP contribution in [0.3, 0.4) is 0 Å².